The summed E-state index contributed by atoms with van der Waals surface area (Å²) in [5.74, 6) is 0.100. The highest BCUT2D eigenvalue weighted by Crippen LogP contribution is 2.30. The second-order valence-corrected chi connectivity index (χ2v) is 6.93. The number of nitrogens with two attached hydrogens (primary N) is 1. The number of hydrogen-bond donors (Lipinski definition) is 2. The van der Waals surface area contributed by atoms with Crippen LogP contribution in [0.3, 0.4) is 0 Å². The standard InChI is InChI=1S/C24H19N3/c25-24(26)19-11-12-23-21(14-19)20-7-3-4-8-22(20)27(23)15-16-9-10-17-5-1-2-6-18(17)13-16/h1-14H,15H2,(H3,25,26). The van der Waals surface area contributed by atoms with E-state index >= 15 is 0 Å². The SMILES string of the molecule is N=C(N)c1ccc2c(c1)c1ccccc1n2Cc1ccc2ccccc2c1. The molecule has 0 unspecified atom stereocenters. The first kappa shape index (κ1) is 15.6. The normalized spacial score (nSPS) is 11.4. The smallest absolute Gasteiger partial charge is 0.122 e. The Labute approximate surface area is 157 Å². The van der Waals surface area contributed by atoms with Crippen LogP contribution in [-0.2, 0) is 6.54 Å². The summed E-state index contributed by atoms with van der Waals surface area (Å²) in [5.41, 5.74) is 10.1. The zero-order chi connectivity index (χ0) is 18.4. The molecular formula is C24H19N3. The number of fused-ring (bicyclic) bond motifs is 4. The van der Waals surface area contributed by atoms with Gasteiger partial charge in [0.1, 0.15) is 5.84 Å². The van der Waals surface area contributed by atoms with Gasteiger partial charge in [-0.3, -0.25) is 5.41 Å². The summed E-state index contributed by atoms with van der Waals surface area (Å²) in [7, 11) is 0. The summed E-state index contributed by atoms with van der Waals surface area (Å²) in [6, 6.07) is 29.6. The van der Waals surface area contributed by atoms with Gasteiger partial charge in [-0.1, -0.05) is 54.6 Å². The van der Waals surface area contributed by atoms with E-state index in [1.807, 2.05) is 12.1 Å². The van der Waals surface area contributed by atoms with E-state index in [4.69, 9.17) is 11.1 Å². The molecule has 0 saturated carbocycles. The van der Waals surface area contributed by atoms with Gasteiger partial charge in [-0.05, 0) is 46.7 Å². The van der Waals surface area contributed by atoms with Crippen molar-refractivity contribution in [2.24, 2.45) is 5.73 Å². The number of nitrogens with zero attached hydrogens (tertiary/aromatic N) is 1. The van der Waals surface area contributed by atoms with Crippen LogP contribution in [0, 0.1) is 5.41 Å². The average molecular weight is 349 g/mol. The van der Waals surface area contributed by atoms with E-state index in [-0.39, 0.29) is 5.84 Å². The number of benzene rings is 4. The zero-order valence-electron chi connectivity index (χ0n) is 14.8. The summed E-state index contributed by atoms with van der Waals surface area (Å²) in [6.07, 6.45) is 0. The third kappa shape index (κ3) is 2.56. The lowest BCUT2D eigenvalue weighted by molar-refractivity contribution is 0.870. The van der Waals surface area contributed by atoms with Gasteiger partial charge in [-0.15, -0.1) is 0 Å². The van der Waals surface area contributed by atoms with Crippen molar-refractivity contribution in [3.63, 3.8) is 0 Å². The predicted octanol–water partition coefficient (Wildman–Crippen LogP) is 5.28. The van der Waals surface area contributed by atoms with E-state index < -0.39 is 0 Å². The molecule has 0 aliphatic carbocycles. The average Bonchev–Trinajstić information content (AvgIpc) is 3.01. The topological polar surface area (TPSA) is 54.8 Å². The molecule has 0 radical (unpaired) electrons. The van der Waals surface area contributed by atoms with Crippen LogP contribution >= 0.6 is 0 Å². The van der Waals surface area contributed by atoms with Crippen LogP contribution in [0.15, 0.2) is 84.9 Å². The first-order chi connectivity index (χ1) is 13.2. The molecule has 130 valence electrons. The number of nitrogens with one attached hydrogen (secondary N) is 1. The molecule has 3 N–H and O–H groups in total. The van der Waals surface area contributed by atoms with Crippen LogP contribution < -0.4 is 5.73 Å². The highest BCUT2D eigenvalue weighted by Gasteiger charge is 2.12. The largest absolute Gasteiger partial charge is 0.384 e. The Bertz CT molecular complexity index is 1330. The molecule has 0 aliphatic heterocycles. The third-order valence-electron chi connectivity index (χ3n) is 5.24. The minimum atomic E-state index is 0.100. The fourth-order valence-corrected chi connectivity index (χ4v) is 3.91. The monoisotopic (exact) mass is 349 g/mol. The Hall–Kier alpha value is -3.59. The van der Waals surface area contributed by atoms with Gasteiger partial charge in [0.15, 0.2) is 0 Å². The number of aromatic nitrogens is 1. The van der Waals surface area contributed by atoms with Gasteiger partial charge in [0, 0.05) is 33.9 Å². The van der Waals surface area contributed by atoms with Crippen molar-refractivity contribution < 1.29 is 0 Å². The number of rotatable bonds is 3. The molecule has 5 rings (SSSR count). The van der Waals surface area contributed by atoms with E-state index in [0.717, 1.165) is 23.0 Å². The van der Waals surface area contributed by atoms with Crippen molar-refractivity contribution in [2.75, 3.05) is 0 Å². The molecule has 0 spiro atoms. The van der Waals surface area contributed by atoms with E-state index in [0.29, 0.717) is 0 Å². The lowest BCUT2D eigenvalue weighted by Crippen LogP contribution is -2.10. The number of amidine groups is 1. The van der Waals surface area contributed by atoms with Crippen LogP contribution in [0.1, 0.15) is 11.1 Å². The minimum Gasteiger partial charge on any atom is -0.384 e. The highest BCUT2D eigenvalue weighted by molar-refractivity contribution is 6.10. The maximum absolute atomic E-state index is 7.75. The minimum absolute atomic E-state index is 0.100. The van der Waals surface area contributed by atoms with Crippen LogP contribution in [0.25, 0.3) is 32.6 Å². The lowest BCUT2D eigenvalue weighted by Gasteiger charge is -2.09. The summed E-state index contributed by atoms with van der Waals surface area (Å²) in [5, 5.41) is 12.6. The van der Waals surface area contributed by atoms with E-state index in [9.17, 15) is 0 Å². The molecule has 27 heavy (non-hydrogen) atoms. The maximum atomic E-state index is 7.75. The second-order valence-electron chi connectivity index (χ2n) is 6.93. The Balaban J connectivity index is 1.71. The van der Waals surface area contributed by atoms with Crippen molar-refractivity contribution in [3.05, 3.63) is 96.1 Å². The van der Waals surface area contributed by atoms with E-state index in [2.05, 4.69) is 77.4 Å². The molecule has 0 aliphatic rings. The highest BCUT2D eigenvalue weighted by atomic mass is 15.0. The Morgan fingerprint density at radius 2 is 1.48 bits per heavy atom. The molecule has 3 nitrogen and oxygen atoms in total. The van der Waals surface area contributed by atoms with E-state index in [1.165, 1.54) is 27.2 Å². The summed E-state index contributed by atoms with van der Waals surface area (Å²) >= 11 is 0. The van der Waals surface area contributed by atoms with Gasteiger partial charge in [-0.25, -0.2) is 0 Å². The molecule has 0 amide bonds. The lowest BCUT2D eigenvalue weighted by atomic mass is 10.1. The van der Waals surface area contributed by atoms with Gasteiger partial charge < -0.3 is 10.3 Å². The molecular weight excluding hydrogens is 330 g/mol. The predicted molar refractivity (Wildman–Crippen MR) is 114 cm³/mol. The molecule has 3 heteroatoms. The molecule has 0 bridgehead atoms. The van der Waals surface area contributed by atoms with E-state index in [1.54, 1.807) is 0 Å². The molecule has 0 saturated heterocycles. The third-order valence-corrected chi connectivity index (χ3v) is 5.24. The number of para-hydroxylation sites is 1. The van der Waals surface area contributed by atoms with Gasteiger partial charge in [-0.2, -0.15) is 0 Å². The number of nitrogen functional groups attached to an aromatic ring is 1. The first-order valence-corrected chi connectivity index (χ1v) is 9.04. The molecule has 1 heterocycles. The van der Waals surface area contributed by atoms with Gasteiger partial charge >= 0.3 is 0 Å². The maximum Gasteiger partial charge on any atom is 0.122 e. The second kappa shape index (κ2) is 5.99. The van der Waals surface area contributed by atoms with Crippen molar-refractivity contribution in [2.45, 2.75) is 6.54 Å². The zero-order valence-corrected chi connectivity index (χ0v) is 14.8. The van der Waals surface area contributed by atoms with Crippen molar-refractivity contribution in [1.82, 2.24) is 4.57 Å². The fraction of sp³-hybridized carbons (Fsp3) is 0.0417. The summed E-state index contributed by atoms with van der Waals surface area (Å²) in [4.78, 5) is 0. The van der Waals surface area contributed by atoms with Gasteiger partial charge in [0.2, 0.25) is 0 Å². The Morgan fingerprint density at radius 3 is 2.33 bits per heavy atom. The van der Waals surface area contributed by atoms with Crippen molar-refractivity contribution >= 4 is 38.4 Å². The molecule has 4 aromatic carbocycles. The van der Waals surface area contributed by atoms with Gasteiger partial charge in [0.25, 0.3) is 0 Å². The Morgan fingerprint density at radius 1 is 0.741 bits per heavy atom. The van der Waals surface area contributed by atoms with Gasteiger partial charge in [0.05, 0.1) is 0 Å². The van der Waals surface area contributed by atoms with Crippen LogP contribution in [0.4, 0.5) is 0 Å². The summed E-state index contributed by atoms with van der Waals surface area (Å²) in [6.45, 7) is 0.800. The van der Waals surface area contributed by atoms with Crippen LogP contribution in [0.2, 0.25) is 0 Å². The molecule has 0 atom stereocenters. The quantitative estimate of drug-likeness (QED) is 0.338. The number of hydrogen-bond acceptors (Lipinski definition) is 1. The van der Waals surface area contributed by atoms with Crippen molar-refractivity contribution in [1.29, 1.82) is 5.41 Å². The fourth-order valence-electron chi connectivity index (χ4n) is 3.91. The molecule has 5 aromatic rings. The molecule has 1 aromatic heterocycles. The summed E-state index contributed by atoms with van der Waals surface area (Å²) < 4.78 is 2.35. The molecule has 0 fully saturated rings. The van der Waals surface area contributed by atoms with Crippen LogP contribution in [0.5, 0.6) is 0 Å². The Kier molecular flexibility index (Phi) is 3.47. The first-order valence-electron chi connectivity index (χ1n) is 9.04. The van der Waals surface area contributed by atoms with Crippen molar-refractivity contribution in [3.8, 4) is 0 Å². The van der Waals surface area contributed by atoms with Crippen LogP contribution in [-0.4, -0.2) is 10.4 Å².